The van der Waals surface area contributed by atoms with E-state index in [9.17, 15) is 18.0 Å². The number of carbonyl (C=O) groups excluding carboxylic acids is 1. The van der Waals surface area contributed by atoms with Crippen LogP contribution in [0.15, 0.2) is 91.1 Å². The van der Waals surface area contributed by atoms with E-state index in [1.54, 1.807) is 4.90 Å². The molecule has 0 saturated carbocycles. The largest absolute Gasteiger partial charge is 0.418 e. The molecule has 0 radical (unpaired) electrons. The standard InChI is InChI=1S/C27H22F3N3O/c1-18-9-2-4-11-20(18)25-24-15-8-16-32(24)23-14-7-3-10-19(23)17-33(25)26(34)31-22-13-6-5-12-21(22)27(28,29)30/h2-16,25H,17H2,1H3,(H,31,34). The van der Waals surface area contributed by atoms with Crippen molar-refractivity contribution in [3.63, 3.8) is 0 Å². The van der Waals surface area contributed by atoms with Gasteiger partial charge in [-0.1, -0.05) is 54.6 Å². The number of aromatic nitrogens is 1. The molecule has 1 N–H and O–H groups in total. The molecular formula is C27H22F3N3O. The predicted molar refractivity (Wildman–Crippen MR) is 125 cm³/mol. The Balaban J connectivity index is 1.64. The van der Waals surface area contributed by atoms with Crippen LogP contribution in [-0.4, -0.2) is 15.5 Å². The Hall–Kier alpha value is -4.00. The van der Waals surface area contributed by atoms with Gasteiger partial charge in [-0.25, -0.2) is 4.79 Å². The molecule has 4 nitrogen and oxygen atoms in total. The van der Waals surface area contributed by atoms with E-state index < -0.39 is 23.8 Å². The van der Waals surface area contributed by atoms with Gasteiger partial charge >= 0.3 is 12.2 Å². The van der Waals surface area contributed by atoms with Crippen molar-refractivity contribution in [3.8, 4) is 5.69 Å². The first kappa shape index (κ1) is 21.8. The molecule has 2 heterocycles. The molecule has 1 aliphatic heterocycles. The van der Waals surface area contributed by atoms with Crippen molar-refractivity contribution in [3.05, 3.63) is 119 Å². The molecule has 3 aromatic carbocycles. The van der Waals surface area contributed by atoms with Gasteiger partial charge in [0, 0.05) is 11.9 Å². The lowest BCUT2D eigenvalue weighted by atomic mass is 9.97. The third kappa shape index (κ3) is 3.83. The fourth-order valence-electron chi connectivity index (χ4n) is 4.59. The highest BCUT2D eigenvalue weighted by Crippen LogP contribution is 2.39. The molecule has 0 spiro atoms. The first-order chi connectivity index (χ1) is 16.3. The minimum Gasteiger partial charge on any atom is -0.318 e. The lowest BCUT2D eigenvalue weighted by Crippen LogP contribution is -2.38. The van der Waals surface area contributed by atoms with Crippen molar-refractivity contribution in [1.82, 2.24) is 9.47 Å². The van der Waals surface area contributed by atoms with Crippen LogP contribution in [0.2, 0.25) is 0 Å². The summed E-state index contributed by atoms with van der Waals surface area (Å²) >= 11 is 0. The fourth-order valence-corrected chi connectivity index (χ4v) is 4.59. The van der Waals surface area contributed by atoms with Crippen LogP contribution in [0.5, 0.6) is 0 Å². The molecule has 0 saturated heterocycles. The molecule has 2 amide bonds. The summed E-state index contributed by atoms with van der Waals surface area (Å²) in [6.07, 6.45) is -2.64. The van der Waals surface area contributed by atoms with Gasteiger partial charge in [0.05, 0.1) is 23.5 Å². The Labute approximate surface area is 195 Å². The van der Waals surface area contributed by atoms with Crippen LogP contribution >= 0.6 is 0 Å². The summed E-state index contributed by atoms with van der Waals surface area (Å²) in [5.41, 5.74) is 3.45. The summed E-state index contributed by atoms with van der Waals surface area (Å²) in [4.78, 5) is 15.3. The molecule has 34 heavy (non-hydrogen) atoms. The third-order valence-electron chi connectivity index (χ3n) is 6.18. The number of benzene rings is 3. The highest BCUT2D eigenvalue weighted by atomic mass is 19.4. The maximum absolute atomic E-state index is 13.7. The normalized spacial score (nSPS) is 15.3. The molecule has 0 fully saturated rings. The number of carbonyl (C=O) groups is 1. The topological polar surface area (TPSA) is 37.3 Å². The Morgan fingerprint density at radius 2 is 1.62 bits per heavy atom. The van der Waals surface area contributed by atoms with Gasteiger partial charge in [-0.3, -0.25) is 0 Å². The Bertz CT molecular complexity index is 1360. The minimum atomic E-state index is -4.58. The summed E-state index contributed by atoms with van der Waals surface area (Å²) < 4.78 is 42.8. The van der Waals surface area contributed by atoms with Crippen LogP contribution in [0.25, 0.3) is 5.69 Å². The summed E-state index contributed by atoms with van der Waals surface area (Å²) in [6.45, 7) is 2.20. The summed E-state index contributed by atoms with van der Waals surface area (Å²) in [5.74, 6) is 0. The molecule has 1 aliphatic rings. The lowest BCUT2D eigenvalue weighted by Gasteiger charge is -2.32. The van der Waals surface area contributed by atoms with E-state index >= 15 is 0 Å². The maximum Gasteiger partial charge on any atom is 0.418 e. The zero-order valence-corrected chi connectivity index (χ0v) is 18.4. The highest BCUT2D eigenvalue weighted by molar-refractivity contribution is 5.91. The van der Waals surface area contributed by atoms with Gasteiger partial charge in [0.15, 0.2) is 0 Å². The molecule has 1 aromatic heterocycles. The molecule has 0 bridgehead atoms. The fraction of sp³-hybridized carbons (Fsp3) is 0.148. The van der Waals surface area contributed by atoms with Crippen molar-refractivity contribution >= 4 is 11.7 Å². The van der Waals surface area contributed by atoms with E-state index in [4.69, 9.17) is 0 Å². The second-order valence-corrected chi connectivity index (χ2v) is 8.29. The number of amides is 2. The Morgan fingerprint density at radius 1 is 0.912 bits per heavy atom. The van der Waals surface area contributed by atoms with Crippen LogP contribution in [0.3, 0.4) is 0 Å². The van der Waals surface area contributed by atoms with Crippen LogP contribution in [0.4, 0.5) is 23.7 Å². The molecular weight excluding hydrogens is 439 g/mol. The van der Waals surface area contributed by atoms with Crippen molar-refractivity contribution in [2.75, 3.05) is 5.32 Å². The summed E-state index contributed by atoms with van der Waals surface area (Å²) in [5, 5.41) is 2.55. The number of nitrogens with zero attached hydrogens (tertiary/aromatic N) is 2. The minimum absolute atomic E-state index is 0.233. The average molecular weight is 461 g/mol. The van der Waals surface area contributed by atoms with Crippen molar-refractivity contribution < 1.29 is 18.0 Å². The summed E-state index contributed by atoms with van der Waals surface area (Å²) in [7, 11) is 0. The number of para-hydroxylation sites is 2. The van der Waals surface area contributed by atoms with E-state index in [0.717, 1.165) is 34.1 Å². The molecule has 172 valence electrons. The zero-order chi connectivity index (χ0) is 23.9. The van der Waals surface area contributed by atoms with Gasteiger partial charge in [0.2, 0.25) is 0 Å². The van der Waals surface area contributed by atoms with Gasteiger partial charge < -0.3 is 14.8 Å². The van der Waals surface area contributed by atoms with Crippen LogP contribution in [-0.2, 0) is 12.7 Å². The Kier molecular flexibility index (Phi) is 5.40. The molecule has 1 unspecified atom stereocenters. The number of fused-ring (bicyclic) bond motifs is 3. The number of rotatable bonds is 2. The van der Waals surface area contributed by atoms with Crippen LogP contribution in [0, 0.1) is 6.92 Å². The van der Waals surface area contributed by atoms with Gasteiger partial charge in [0.1, 0.15) is 6.04 Å². The number of alkyl halides is 3. The number of halogens is 3. The molecule has 5 rings (SSSR count). The number of aryl methyl sites for hydroxylation is 1. The smallest absolute Gasteiger partial charge is 0.318 e. The third-order valence-corrected chi connectivity index (χ3v) is 6.18. The van der Waals surface area contributed by atoms with E-state index in [2.05, 4.69) is 5.32 Å². The predicted octanol–water partition coefficient (Wildman–Crippen LogP) is 6.94. The van der Waals surface area contributed by atoms with E-state index in [1.807, 2.05) is 78.4 Å². The monoisotopic (exact) mass is 461 g/mol. The second kappa shape index (κ2) is 8.41. The Morgan fingerprint density at radius 3 is 2.41 bits per heavy atom. The van der Waals surface area contributed by atoms with E-state index in [1.165, 1.54) is 18.2 Å². The van der Waals surface area contributed by atoms with Crippen LogP contribution in [0.1, 0.15) is 34.0 Å². The van der Waals surface area contributed by atoms with Gasteiger partial charge in [0.25, 0.3) is 0 Å². The highest BCUT2D eigenvalue weighted by Gasteiger charge is 2.36. The first-order valence-corrected chi connectivity index (χ1v) is 10.9. The zero-order valence-electron chi connectivity index (χ0n) is 18.4. The van der Waals surface area contributed by atoms with Crippen molar-refractivity contribution in [1.29, 1.82) is 0 Å². The lowest BCUT2D eigenvalue weighted by molar-refractivity contribution is -0.136. The number of anilines is 1. The van der Waals surface area contributed by atoms with Gasteiger partial charge in [-0.15, -0.1) is 0 Å². The maximum atomic E-state index is 13.7. The second-order valence-electron chi connectivity index (χ2n) is 8.29. The molecule has 7 heteroatoms. The molecule has 1 atom stereocenters. The van der Waals surface area contributed by atoms with Crippen LogP contribution < -0.4 is 5.32 Å². The quantitative estimate of drug-likeness (QED) is 0.345. The van der Waals surface area contributed by atoms with E-state index in [-0.39, 0.29) is 12.2 Å². The van der Waals surface area contributed by atoms with Crippen molar-refractivity contribution in [2.24, 2.45) is 0 Å². The first-order valence-electron chi connectivity index (χ1n) is 10.9. The average Bonchev–Trinajstić information content (AvgIpc) is 3.24. The summed E-state index contributed by atoms with van der Waals surface area (Å²) in [6, 6.07) is 23.3. The number of urea groups is 1. The van der Waals surface area contributed by atoms with Crippen molar-refractivity contribution in [2.45, 2.75) is 25.7 Å². The molecule has 4 aromatic rings. The van der Waals surface area contributed by atoms with Gasteiger partial charge in [-0.05, 0) is 53.9 Å². The number of nitrogens with one attached hydrogen (secondary N) is 1. The molecule has 0 aliphatic carbocycles. The van der Waals surface area contributed by atoms with E-state index in [0.29, 0.717) is 0 Å². The SMILES string of the molecule is Cc1ccccc1C1c2cccn2-c2ccccc2CN1C(=O)Nc1ccccc1C(F)(F)F. The van der Waals surface area contributed by atoms with Gasteiger partial charge in [-0.2, -0.15) is 13.2 Å². The number of hydrogen-bond acceptors (Lipinski definition) is 1. The number of hydrogen-bond donors (Lipinski definition) is 1.